The van der Waals surface area contributed by atoms with E-state index in [1.165, 1.54) is 0 Å². The highest BCUT2D eigenvalue weighted by Crippen LogP contribution is 2.21. The minimum atomic E-state index is -0.818. The van der Waals surface area contributed by atoms with Crippen LogP contribution in [0, 0.1) is 9.81 Å². The van der Waals surface area contributed by atoms with Crippen LogP contribution in [0.4, 0.5) is 0 Å². The average molecular weight is 144 g/mol. The van der Waals surface area contributed by atoms with Crippen molar-refractivity contribution in [3.05, 3.63) is 9.81 Å². The molecule has 0 unspecified atom stereocenters. The van der Waals surface area contributed by atoms with Gasteiger partial charge in [0.25, 0.3) is 0 Å². The molecule has 2 atom stereocenters. The smallest absolute Gasteiger partial charge is 0.125 e. The van der Waals surface area contributed by atoms with Crippen molar-refractivity contribution in [2.45, 2.75) is 38.8 Å². The van der Waals surface area contributed by atoms with Crippen LogP contribution in [0.3, 0.4) is 0 Å². The monoisotopic (exact) mass is 144 g/mol. The van der Waals surface area contributed by atoms with E-state index in [1.807, 2.05) is 6.92 Å². The molecule has 0 aliphatic heterocycles. The molecule has 0 aliphatic carbocycles. The van der Waals surface area contributed by atoms with Crippen LogP contribution in [-0.4, -0.2) is 11.6 Å². The summed E-state index contributed by atoms with van der Waals surface area (Å²) in [5, 5.41) is 5.62. The molecular weight excluding hydrogens is 132 g/mol. The third-order valence-corrected chi connectivity index (χ3v) is 1.98. The average Bonchev–Trinajstić information content (AvgIpc) is 2.01. The van der Waals surface area contributed by atoms with E-state index in [-0.39, 0.29) is 0 Å². The second kappa shape index (κ2) is 3.39. The zero-order valence-corrected chi connectivity index (χ0v) is 6.50. The Labute approximate surface area is 60.0 Å². The maximum Gasteiger partial charge on any atom is 0.125 e. The molecule has 0 spiro atoms. The maximum atomic E-state index is 10.2. The van der Waals surface area contributed by atoms with E-state index in [0.717, 1.165) is 0 Å². The van der Waals surface area contributed by atoms with Crippen molar-refractivity contribution in [1.29, 1.82) is 0 Å². The highest BCUT2D eigenvalue weighted by molar-refractivity contribution is 4.90. The molecule has 0 N–H and O–H groups in total. The highest BCUT2D eigenvalue weighted by atomic mass is 16.3. The molecule has 58 valence electrons. The maximum absolute atomic E-state index is 10.2. The molecule has 0 aliphatic rings. The molecule has 0 aromatic heterocycles. The van der Waals surface area contributed by atoms with E-state index in [1.54, 1.807) is 13.8 Å². The number of rotatable bonds is 4. The predicted octanol–water partition coefficient (Wildman–Crippen LogP) is 2.08. The lowest BCUT2D eigenvalue weighted by atomic mass is 9.92. The van der Waals surface area contributed by atoms with E-state index >= 15 is 0 Å². The molecule has 10 heavy (non-hydrogen) atoms. The van der Waals surface area contributed by atoms with Gasteiger partial charge in [-0.1, -0.05) is 17.3 Å². The summed E-state index contributed by atoms with van der Waals surface area (Å²) >= 11 is 0. The highest BCUT2D eigenvalue weighted by Gasteiger charge is 2.31. The van der Waals surface area contributed by atoms with Crippen molar-refractivity contribution in [1.82, 2.24) is 0 Å². The summed E-state index contributed by atoms with van der Waals surface area (Å²) in [6.07, 6.45) is 0.545. The van der Waals surface area contributed by atoms with Crippen molar-refractivity contribution in [2.75, 3.05) is 0 Å². The van der Waals surface area contributed by atoms with Gasteiger partial charge in [0, 0.05) is 0 Å². The lowest BCUT2D eigenvalue weighted by Crippen LogP contribution is -2.32. The Bertz CT molecular complexity index is 138. The standard InChI is InChI=1S/C6H12N2O2/c1-4-6(3,8-10)5(2)7-9/h5H,4H2,1-3H3/t5-,6-/m1/s1. The minimum absolute atomic E-state index is 0.532. The fourth-order valence-electron chi connectivity index (χ4n) is 0.550. The summed E-state index contributed by atoms with van der Waals surface area (Å²) in [7, 11) is 0. The van der Waals surface area contributed by atoms with Gasteiger partial charge in [-0.25, -0.2) is 0 Å². The number of nitrogens with zero attached hydrogens (tertiary/aromatic N) is 2. The quantitative estimate of drug-likeness (QED) is 0.567. The normalized spacial score (nSPS) is 19.1. The molecule has 4 heteroatoms. The Kier molecular flexibility index (Phi) is 3.12. The van der Waals surface area contributed by atoms with E-state index < -0.39 is 11.6 Å². The van der Waals surface area contributed by atoms with Gasteiger partial charge >= 0.3 is 0 Å². The molecule has 0 radical (unpaired) electrons. The zero-order valence-electron chi connectivity index (χ0n) is 6.50. The third-order valence-electron chi connectivity index (χ3n) is 1.98. The van der Waals surface area contributed by atoms with Gasteiger partial charge in [0.15, 0.2) is 0 Å². The van der Waals surface area contributed by atoms with Crippen LogP contribution in [-0.2, 0) is 0 Å². The fraction of sp³-hybridized carbons (Fsp3) is 1.00. The van der Waals surface area contributed by atoms with Crippen LogP contribution in [0.15, 0.2) is 10.4 Å². The van der Waals surface area contributed by atoms with Gasteiger partial charge in [-0.05, 0) is 20.3 Å². The Morgan fingerprint density at radius 3 is 2.10 bits per heavy atom. The molecule has 0 saturated carbocycles. The largest absolute Gasteiger partial charge is 0.150 e. The van der Waals surface area contributed by atoms with Crippen LogP contribution >= 0.6 is 0 Å². The number of hydrogen-bond acceptors (Lipinski definition) is 4. The molecule has 0 fully saturated rings. The Hall–Kier alpha value is -0.800. The lowest BCUT2D eigenvalue weighted by molar-refractivity contribution is 0.382. The van der Waals surface area contributed by atoms with Crippen molar-refractivity contribution in [2.24, 2.45) is 10.4 Å². The lowest BCUT2D eigenvalue weighted by Gasteiger charge is -2.20. The van der Waals surface area contributed by atoms with Gasteiger partial charge in [-0.3, -0.25) is 0 Å². The second-order valence-electron chi connectivity index (χ2n) is 2.58. The number of nitroso groups, excluding NO2 is 2. The second-order valence-corrected chi connectivity index (χ2v) is 2.58. The molecule has 0 amide bonds. The first-order valence-electron chi connectivity index (χ1n) is 3.27. The molecule has 0 bridgehead atoms. The number of hydrogen-bond donors (Lipinski definition) is 0. The van der Waals surface area contributed by atoms with Gasteiger partial charge in [0.1, 0.15) is 11.6 Å². The molecule has 4 nitrogen and oxygen atoms in total. The first-order valence-corrected chi connectivity index (χ1v) is 3.27. The van der Waals surface area contributed by atoms with Gasteiger partial charge in [0.2, 0.25) is 0 Å². The van der Waals surface area contributed by atoms with E-state index in [4.69, 9.17) is 0 Å². The first-order chi connectivity index (χ1) is 4.60. The SMILES string of the molecule is CC[C@@](C)(N=O)[C@@H](C)N=O. The van der Waals surface area contributed by atoms with Crippen molar-refractivity contribution < 1.29 is 0 Å². The Morgan fingerprint density at radius 1 is 1.50 bits per heavy atom. The third kappa shape index (κ3) is 1.59. The van der Waals surface area contributed by atoms with Crippen LogP contribution in [0.1, 0.15) is 27.2 Å². The summed E-state index contributed by atoms with van der Waals surface area (Å²) < 4.78 is 0. The minimum Gasteiger partial charge on any atom is -0.150 e. The van der Waals surface area contributed by atoms with Gasteiger partial charge < -0.3 is 0 Å². The molecule has 0 aromatic carbocycles. The Morgan fingerprint density at radius 2 is 2.00 bits per heavy atom. The van der Waals surface area contributed by atoms with E-state index in [0.29, 0.717) is 6.42 Å². The first kappa shape index (κ1) is 9.20. The fourth-order valence-corrected chi connectivity index (χ4v) is 0.550. The van der Waals surface area contributed by atoms with Crippen LogP contribution < -0.4 is 0 Å². The summed E-state index contributed by atoms with van der Waals surface area (Å²) in [5.41, 5.74) is -0.818. The van der Waals surface area contributed by atoms with Crippen LogP contribution in [0.5, 0.6) is 0 Å². The van der Waals surface area contributed by atoms with Gasteiger partial charge in [0.05, 0.1) is 0 Å². The van der Waals surface area contributed by atoms with Crippen LogP contribution in [0.25, 0.3) is 0 Å². The molecule has 0 saturated heterocycles. The predicted molar refractivity (Wildman–Crippen MR) is 39.7 cm³/mol. The summed E-state index contributed by atoms with van der Waals surface area (Å²) in [6.45, 7) is 5.03. The summed E-state index contributed by atoms with van der Waals surface area (Å²) in [4.78, 5) is 20.2. The molecule has 0 aromatic rings. The topological polar surface area (TPSA) is 58.9 Å². The van der Waals surface area contributed by atoms with Crippen molar-refractivity contribution in [3.8, 4) is 0 Å². The molecular formula is C6H12N2O2. The summed E-state index contributed by atoms with van der Waals surface area (Å²) in [6, 6.07) is -0.532. The Balaban J connectivity index is 4.30. The van der Waals surface area contributed by atoms with Gasteiger partial charge in [-0.15, -0.1) is 0 Å². The van der Waals surface area contributed by atoms with Crippen molar-refractivity contribution >= 4 is 0 Å². The van der Waals surface area contributed by atoms with Gasteiger partial charge in [-0.2, -0.15) is 9.81 Å². The molecule has 0 heterocycles. The van der Waals surface area contributed by atoms with Crippen molar-refractivity contribution in [3.63, 3.8) is 0 Å². The summed E-state index contributed by atoms with van der Waals surface area (Å²) in [5.74, 6) is 0. The van der Waals surface area contributed by atoms with Crippen LogP contribution in [0.2, 0.25) is 0 Å². The van der Waals surface area contributed by atoms with E-state index in [9.17, 15) is 9.81 Å². The zero-order chi connectivity index (χ0) is 8.20. The molecule has 0 rings (SSSR count). The van der Waals surface area contributed by atoms with E-state index in [2.05, 4.69) is 10.4 Å².